The molecule has 154 valence electrons. The normalized spacial score (nSPS) is 24.2. The second-order valence-corrected chi connectivity index (χ2v) is 7.92. The van der Waals surface area contributed by atoms with Crippen LogP contribution < -0.4 is 10.6 Å². The number of halogens is 1. The van der Waals surface area contributed by atoms with E-state index in [0.717, 1.165) is 0 Å². The van der Waals surface area contributed by atoms with Crippen molar-refractivity contribution in [1.82, 2.24) is 24.8 Å². The molecule has 29 heavy (non-hydrogen) atoms. The Kier molecular flexibility index (Phi) is 5.40. The molecule has 1 fully saturated rings. The Bertz CT molecular complexity index is 1060. The van der Waals surface area contributed by atoms with Crippen LogP contribution in [0.3, 0.4) is 0 Å². The minimum atomic E-state index is -1.39. The summed E-state index contributed by atoms with van der Waals surface area (Å²) in [6, 6.07) is 1.81. The van der Waals surface area contributed by atoms with Crippen LogP contribution in [0.15, 0.2) is 17.8 Å². The Labute approximate surface area is 174 Å². The molecule has 10 nitrogen and oxygen atoms in total. The van der Waals surface area contributed by atoms with Gasteiger partial charge < -0.3 is 25.6 Å². The zero-order chi connectivity index (χ0) is 20.7. The van der Waals surface area contributed by atoms with Crippen molar-refractivity contribution in [2.45, 2.75) is 31.5 Å². The number of carbonyl (C=O) groups is 1. The molecular formula is C17H19ClN6O4S. The van der Waals surface area contributed by atoms with Crippen LogP contribution in [0, 0.1) is 0 Å². The average Bonchev–Trinajstić information content (AvgIpc) is 3.40. The maximum atomic E-state index is 12.1. The molecule has 0 saturated carbocycles. The zero-order valence-corrected chi connectivity index (χ0v) is 17.1. The molecule has 4 heterocycles. The van der Waals surface area contributed by atoms with Crippen molar-refractivity contribution in [2.75, 3.05) is 18.9 Å². The third-order valence-corrected chi connectivity index (χ3v) is 5.81. The molecule has 1 amide bonds. The summed E-state index contributed by atoms with van der Waals surface area (Å²) in [5.41, 5.74) is 1.49. The first kappa shape index (κ1) is 20.0. The number of thiophene rings is 1. The molecule has 4 N–H and O–H groups in total. The van der Waals surface area contributed by atoms with Crippen LogP contribution in [-0.4, -0.2) is 67.5 Å². The summed E-state index contributed by atoms with van der Waals surface area (Å²) in [7, 11) is 1.70. The van der Waals surface area contributed by atoms with Gasteiger partial charge in [-0.15, -0.1) is 11.3 Å². The molecule has 4 unspecified atom stereocenters. The topological polar surface area (TPSA) is 134 Å². The van der Waals surface area contributed by atoms with Gasteiger partial charge in [0, 0.05) is 19.2 Å². The molecule has 12 heteroatoms. The lowest BCUT2D eigenvalue weighted by Gasteiger charge is -2.17. The molecule has 0 radical (unpaired) electrons. The highest BCUT2D eigenvalue weighted by molar-refractivity contribution is 7.15. The van der Waals surface area contributed by atoms with Crippen LogP contribution in [0.1, 0.15) is 13.2 Å². The van der Waals surface area contributed by atoms with Gasteiger partial charge in [-0.25, -0.2) is 15.0 Å². The quantitative estimate of drug-likeness (QED) is 0.463. The van der Waals surface area contributed by atoms with Crippen molar-refractivity contribution in [3.05, 3.63) is 22.1 Å². The maximum absolute atomic E-state index is 12.1. The maximum Gasteiger partial charge on any atom is 0.252 e. The number of imidazole rings is 1. The summed E-state index contributed by atoms with van der Waals surface area (Å²) < 4.78 is 7.71. The summed E-state index contributed by atoms with van der Waals surface area (Å²) in [6.45, 7) is 2.13. The number of carbonyl (C=O) groups excluding carboxylic acids is 1. The second kappa shape index (κ2) is 7.84. The van der Waals surface area contributed by atoms with Crippen LogP contribution in [0.4, 0.5) is 5.82 Å². The molecule has 3 aromatic rings. The van der Waals surface area contributed by atoms with Crippen LogP contribution in [0.5, 0.6) is 0 Å². The first-order valence-electron chi connectivity index (χ1n) is 8.91. The van der Waals surface area contributed by atoms with Gasteiger partial charge in [-0.1, -0.05) is 11.6 Å². The van der Waals surface area contributed by atoms with Crippen molar-refractivity contribution in [3.8, 4) is 11.4 Å². The molecule has 1 aliphatic heterocycles. The number of aliphatic hydroxyl groups excluding tert-OH is 2. The molecule has 0 aliphatic carbocycles. The monoisotopic (exact) mass is 438 g/mol. The lowest BCUT2D eigenvalue weighted by molar-refractivity contribution is -0.137. The first-order valence-corrected chi connectivity index (χ1v) is 10.2. The van der Waals surface area contributed by atoms with E-state index in [1.54, 1.807) is 14.0 Å². The number of fused-ring (bicyclic) bond motifs is 1. The number of likely N-dealkylation sites (N-methyl/N-ethyl adjacent to an activating group) is 1. The third-order valence-electron chi connectivity index (χ3n) is 4.64. The summed E-state index contributed by atoms with van der Waals surface area (Å²) in [5, 5.41) is 28.2. The number of nitrogens with one attached hydrogen (secondary N) is 2. The lowest BCUT2D eigenvalue weighted by atomic mass is 10.1. The molecular weight excluding hydrogens is 420 g/mol. The van der Waals surface area contributed by atoms with E-state index in [2.05, 4.69) is 25.6 Å². The number of nitrogens with zero attached hydrogens (tertiary/aromatic N) is 4. The van der Waals surface area contributed by atoms with Crippen LogP contribution in [0.2, 0.25) is 4.34 Å². The minimum Gasteiger partial charge on any atom is -0.387 e. The van der Waals surface area contributed by atoms with Gasteiger partial charge in [0.05, 0.1) is 6.33 Å². The van der Waals surface area contributed by atoms with Gasteiger partial charge in [0.25, 0.3) is 5.91 Å². The van der Waals surface area contributed by atoms with E-state index in [1.807, 2.05) is 11.4 Å². The number of amides is 1. The number of ether oxygens (including phenoxy) is 1. The van der Waals surface area contributed by atoms with E-state index in [9.17, 15) is 15.0 Å². The fourth-order valence-electron chi connectivity index (χ4n) is 3.23. The number of aromatic nitrogens is 4. The summed E-state index contributed by atoms with van der Waals surface area (Å²) in [6.07, 6.45) is -3.56. The predicted octanol–water partition coefficient (Wildman–Crippen LogP) is 1.01. The van der Waals surface area contributed by atoms with Gasteiger partial charge >= 0.3 is 0 Å². The van der Waals surface area contributed by atoms with Crippen LogP contribution in [0.25, 0.3) is 22.6 Å². The number of rotatable bonds is 5. The SMILES string of the molecule is CCNC(=O)C1OC(n2cnc3c(NC)nc(-c4ccsc4Cl)nc32)C(O)C1O. The van der Waals surface area contributed by atoms with Gasteiger partial charge in [-0.05, 0) is 18.4 Å². The number of hydrogen-bond donors (Lipinski definition) is 4. The standard InChI is InChI=1S/C17H19ClN6O4S/c1-3-20-16(27)11-9(25)10(26)17(28-11)24-6-21-8-14(19-2)22-13(23-15(8)24)7-4-5-29-12(7)18/h4-6,9-11,17,25-26H,3H2,1-2H3,(H,20,27)(H,19,22,23). The fraction of sp³-hybridized carbons (Fsp3) is 0.412. The highest BCUT2D eigenvalue weighted by atomic mass is 35.5. The predicted molar refractivity (Wildman–Crippen MR) is 108 cm³/mol. The Morgan fingerprint density at radius 2 is 2.17 bits per heavy atom. The zero-order valence-electron chi connectivity index (χ0n) is 15.5. The molecule has 0 bridgehead atoms. The van der Waals surface area contributed by atoms with Crippen molar-refractivity contribution in [3.63, 3.8) is 0 Å². The lowest BCUT2D eigenvalue weighted by Crippen LogP contribution is -2.42. The van der Waals surface area contributed by atoms with E-state index in [4.69, 9.17) is 16.3 Å². The molecule has 0 spiro atoms. The number of aliphatic hydroxyl groups is 2. The van der Waals surface area contributed by atoms with Crippen molar-refractivity contribution >= 4 is 45.8 Å². The number of hydrogen-bond acceptors (Lipinski definition) is 9. The van der Waals surface area contributed by atoms with Crippen molar-refractivity contribution < 1.29 is 19.7 Å². The summed E-state index contributed by atoms with van der Waals surface area (Å²) >= 11 is 7.60. The highest BCUT2D eigenvalue weighted by Crippen LogP contribution is 2.35. The van der Waals surface area contributed by atoms with Crippen molar-refractivity contribution in [2.24, 2.45) is 0 Å². The molecule has 0 aromatic carbocycles. The Hall–Kier alpha value is -2.31. The molecule has 4 atom stereocenters. The van der Waals surface area contributed by atoms with Crippen LogP contribution >= 0.6 is 22.9 Å². The Morgan fingerprint density at radius 3 is 2.83 bits per heavy atom. The third kappa shape index (κ3) is 3.34. The van der Waals surface area contributed by atoms with E-state index < -0.39 is 30.4 Å². The van der Waals surface area contributed by atoms with Gasteiger partial charge in [0.15, 0.2) is 35.1 Å². The highest BCUT2D eigenvalue weighted by Gasteiger charge is 2.47. The number of anilines is 1. The summed E-state index contributed by atoms with van der Waals surface area (Å²) in [5.74, 6) is 0.352. The molecule has 3 aromatic heterocycles. The van der Waals surface area contributed by atoms with Crippen molar-refractivity contribution in [1.29, 1.82) is 0 Å². The van der Waals surface area contributed by atoms with Crippen LogP contribution in [-0.2, 0) is 9.53 Å². The van der Waals surface area contributed by atoms with E-state index in [0.29, 0.717) is 39.3 Å². The Morgan fingerprint density at radius 1 is 1.38 bits per heavy atom. The van der Waals surface area contributed by atoms with E-state index in [-0.39, 0.29) is 0 Å². The molecule has 4 rings (SSSR count). The van der Waals surface area contributed by atoms with E-state index in [1.165, 1.54) is 22.2 Å². The smallest absolute Gasteiger partial charge is 0.252 e. The Balaban J connectivity index is 1.78. The second-order valence-electron chi connectivity index (χ2n) is 6.40. The average molecular weight is 439 g/mol. The summed E-state index contributed by atoms with van der Waals surface area (Å²) in [4.78, 5) is 25.5. The van der Waals surface area contributed by atoms with Gasteiger partial charge in [0.2, 0.25) is 0 Å². The molecule has 1 saturated heterocycles. The molecule has 1 aliphatic rings. The largest absolute Gasteiger partial charge is 0.387 e. The fourth-order valence-corrected chi connectivity index (χ4v) is 4.14. The van der Waals surface area contributed by atoms with Gasteiger partial charge in [-0.2, -0.15) is 0 Å². The van der Waals surface area contributed by atoms with Gasteiger partial charge in [0.1, 0.15) is 16.5 Å². The first-order chi connectivity index (χ1) is 14.0. The van der Waals surface area contributed by atoms with Gasteiger partial charge in [-0.3, -0.25) is 9.36 Å². The minimum absolute atomic E-state index is 0.370. The van der Waals surface area contributed by atoms with E-state index >= 15 is 0 Å².